The first-order chi connectivity index (χ1) is 6.33. The monoisotopic (exact) mass is 188 g/mol. The Balaban J connectivity index is 3.25. The molecule has 0 spiro atoms. The van der Waals surface area contributed by atoms with Crippen molar-refractivity contribution < 1.29 is 0 Å². The summed E-state index contributed by atoms with van der Waals surface area (Å²) in [6.45, 7) is 2.00. The van der Waals surface area contributed by atoms with Crippen molar-refractivity contribution in [2.45, 2.75) is 11.8 Å². The summed E-state index contributed by atoms with van der Waals surface area (Å²) in [6, 6.07) is 9.37. The predicted molar refractivity (Wildman–Crippen MR) is 52.3 cm³/mol. The fraction of sp³-hybridized carbons (Fsp3) is 0.200. The zero-order valence-corrected chi connectivity index (χ0v) is 8.06. The van der Waals surface area contributed by atoms with Crippen LogP contribution in [0.5, 0.6) is 0 Å². The maximum absolute atomic E-state index is 8.79. The van der Waals surface area contributed by atoms with Gasteiger partial charge in [0.2, 0.25) is 0 Å². The SMILES string of the molecule is CCSc1c(C#N)cccc1C#N. The van der Waals surface area contributed by atoms with E-state index in [-0.39, 0.29) is 0 Å². The summed E-state index contributed by atoms with van der Waals surface area (Å²) in [5.74, 6) is 0.868. The van der Waals surface area contributed by atoms with Gasteiger partial charge in [0, 0.05) is 4.90 Å². The molecule has 0 amide bonds. The standard InChI is InChI=1S/C10H8N2S/c1-2-13-10-8(6-11)4-3-5-9(10)7-12/h3-5H,2H2,1H3. The highest BCUT2D eigenvalue weighted by Crippen LogP contribution is 2.25. The summed E-state index contributed by atoms with van der Waals surface area (Å²) in [6.07, 6.45) is 0. The lowest BCUT2D eigenvalue weighted by atomic mass is 10.1. The van der Waals surface area contributed by atoms with Gasteiger partial charge in [0.1, 0.15) is 12.1 Å². The smallest absolute Gasteiger partial charge is 0.100 e. The van der Waals surface area contributed by atoms with Crippen LogP contribution < -0.4 is 0 Å². The van der Waals surface area contributed by atoms with Crippen molar-refractivity contribution in [1.82, 2.24) is 0 Å². The van der Waals surface area contributed by atoms with Gasteiger partial charge in [-0.05, 0) is 17.9 Å². The van der Waals surface area contributed by atoms with E-state index in [1.54, 1.807) is 18.2 Å². The number of rotatable bonds is 2. The Hall–Kier alpha value is -1.45. The number of thioether (sulfide) groups is 1. The summed E-state index contributed by atoms with van der Waals surface area (Å²) in [5.41, 5.74) is 1.18. The van der Waals surface area contributed by atoms with E-state index in [0.717, 1.165) is 10.6 Å². The number of benzene rings is 1. The Labute approximate surface area is 81.8 Å². The van der Waals surface area contributed by atoms with Crippen molar-refractivity contribution in [3.63, 3.8) is 0 Å². The summed E-state index contributed by atoms with van der Waals surface area (Å²) in [5, 5.41) is 17.6. The van der Waals surface area contributed by atoms with Gasteiger partial charge in [0.25, 0.3) is 0 Å². The van der Waals surface area contributed by atoms with Crippen LogP contribution in [0.4, 0.5) is 0 Å². The van der Waals surface area contributed by atoms with E-state index < -0.39 is 0 Å². The van der Waals surface area contributed by atoms with E-state index in [0.29, 0.717) is 11.1 Å². The third-order valence-electron chi connectivity index (χ3n) is 1.54. The van der Waals surface area contributed by atoms with Crippen LogP contribution in [0.1, 0.15) is 18.1 Å². The van der Waals surface area contributed by atoms with Crippen LogP contribution in [-0.2, 0) is 0 Å². The fourth-order valence-electron chi connectivity index (χ4n) is 1.01. The Kier molecular flexibility index (Phi) is 3.37. The molecule has 3 heteroatoms. The maximum Gasteiger partial charge on any atom is 0.100 e. The van der Waals surface area contributed by atoms with Crippen LogP contribution >= 0.6 is 11.8 Å². The third-order valence-corrected chi connectivity index (χ3v) is 2.56. The zero-order chi connectivity index (χ0) is 9.68. The lowest BCUT2D eigenvalue weighted by Gasteiger charge is -2.02. The number of hydrogen-bond donors (Lipinski definition) is 0. The molecule has 0 aliphatic carbocycles. The largest absolute Gasteiger partial charge is 0.192 e. The van der Waals surface area contributed by atoms with Crippen molar-refractivity contribution in [2.24, 2.45) is 0 Å². The lowest BCUT2D eigenvalue weighted by molar-refractivity contribution is 1.31. The number of hydrogen-bond acceptors (Lipinski definition) is 3. The molecule has 1 aromatic rings. The number of nitrogens with zero attached hydrogens (tertiary/aromatic N) is 2. The van der Waals surface area contributed by atoms with Gasteiger partial charge in [-0.2, -0.15) is 10.5 Å². The molecule has 0 radical (unpaired) electrons. The summed E-state index contributed by atoms with van der Waals surface area (Å²) in [7, 11) is 0. The second-order valence-electron chi connectivity index (χ2n) is 2.34. The van der Waals surface area contributed by atoms with Crippen LogP contribution in [0, 0.1) is 22.7 Å². The molecule has 2 nitrogen and oxygen atoms in total. The van der Waals surface area contributed by atoms with Crippen LogP contribution in [0.2, 0.25) is 0 Å². The first kappa shape index (κ1) is 9.64. The Bertz CT molecular complexity index is 353. The van der Waals surface area contributed by atoms with Gasteiger partial charge in [0.05, 0.1) is 11.1 Å². The average molecular weight is 188 g/mol. The van der Waals surface area contributed by atoms with Crippen molar-refractivity contribution in [1.29, 1.82) is 10.5 Å². The molecule has 1 rings (SSSR count). The van der Waals surface area contributed by atoms with E-state index in [9.17, 15) is 0 Å². The van der Waals surface area contributed by atoms with Gasteiger partial charge in [-0.3, -0.25) is 0 Å². The minimum absolute atomic E-state index is 0.589. The highest BCUT2D eigenvalue weighted by molar-refractivity contribution is 7.99. The fourth-order valence-corrected chi connectivity index (χ4v) is 1.84. The molecular weight excluding hydrogens is 180 g/mol. The van der Waals surface area contributed by atoms with E-state index in [1.807, 2.05) is 6.92 Å². The molecule has 13 heavy (non-hydrogen) atoms. The normalized spacial score (nSPS) is 8.85. The van der Waals surface area contributed by atoms with E-state index in [2.05, 4.69) is 12.1 Å². The van der Waals surface area contributed by atoms with Crippen LogP contribution in [0.3, 0.4) is 0 Å². The predicted octanol–water partition coefficient (Wildman–Crippen LogP) is 2.54. The highest BCUT2D eigenvalue weighted by atomic mass is 32.2. The van der Waals surface area contributed by atoms with Gasteiger partial charge >= 0.3 is 0 Å². The molecule has 1 aromatic carbocycles. The van der Waals surface area contributed by atoms with E-state index >= 15 is 0 Å². The minimum atomic E-state index is 0.589. The second-order valence-corrected chi connectivity index (χ2v) is 3.61. The molecule has 0 N–H and O–H groups in total. The van der Waals surface area contributed by atoms with Gasteiger partial charge in [-0.15, -0.1) is 11.8 Å². The molecule has 0 saturated heterocycles. The molecule has 0 unspecified atom stereocenters. The molecule has 0 heterocycles. The molecule has 0 aromatic heterocycles. The summed E-state index contributed by atoms with van der Waals surface area (Å²) >= 11 is 1.53. The Morgan fingerprint density at radius 2 is 1.77 bits per heavy atom. The van der Waals surface area contributed by atoms with Crippen molar-refractivity contribution in [2.75, 3.05) is 5.75 Å². The summed E-state index contributed by atoms with van der Waals surface area (Å²) in [4.78, 5) is 0.801. The average Bonchev–Trinajstić information content (AvgIpc) is 2.18. The molecule has 0 bridgehead atoms. The third kappa shape index (κ3) is 2.02. The van der Waals surface area contributed by atoms with E-state index in [1.165, 1.54) is 11.8 Å². The molecule has 0 atom stereocenters. The van der Waals surface area contributed by atoms with Crippen LogP contribution in [0.15, 0.2) is 23.1 Å². The first-order valence-corrected chi connectivity index (χ1v) is 4.88. The molecular formula is C10H8N2S. The molecule has 0 aliphatic heterocycles. The first-order valence-electron chi connectivity index (χ1n) is 3.89. The van der Waals surface area contributed by atoms with Gasteiger partial charge < -0.3 is 0 Å². The quantitative estimate of drug-likeness (QED) is 0.670. The van der Waals surface area contributed by atoms with Crippen LogP contribution in [0.25, 0.3) is 0 Å². The van der Waals surface area contributed by atoms with E-state index in [4.69, 9.17) is 10.5 Å². The Morgan fingerprint density at radius 1 is 1.23 bits per heavy atom. The maximum atomic E-state index is 8.79. The Morgan fingerprint density at radius 3 is 2.15 bits per heavy atom. The molecule has 0 aliphatic rings. The van der Waals surface area contributed by atoms with Crippen LogP contribution in [-0.4, -0.2) is 5.75 Å². The van der Waals surface area contributed by atoms with Gasteiger partial charge in [0.15, 0.2) is 0 Å². The van der Waals surface area contributed by atoms with Crippen molar-refractivity contribution in [3.8, 4) is 12.1 Å². The number of nitriles is 2. The highest BCUT2D eigenvalue weighted by Gasteiger charge is 2.06. The van der Waals surface area contributed by atoms with Gasteiger partial charge in [-0.1, -0.05) is 13.0 Å². The molecule has 0 saturated carbocycles. The topological polar surface area (TPSA) is 47.6 Å². The lowest BCUT2D eigenvalue weighted by Crippen LogP contribution is -1.86. The minimum Gasteiger partial charge on any atom is -0.192 e. The molecule has 64 valence electrons. The second kappa shape index (κ2) is 4.54. The van der Waals surface area contributed by atoms with Gasteiger partial charge in [-0.25, -0.2) is 0 Å². The zero-order valence-electron chi connectivity index (χ0n) is 7.24. The van der Waals surface area contributed by atoms with Crippen molar-refractivity contribution in [3.05, 3.63) is 29.3 Å². The molecule has 0 fully saturated rings. The summed E-state index contributed by atoms with van der Waals surface area (Å²) < 4.78 is 0. The van der Waals surface area contributed by atoms with Crippen molar-refractivity contribution >= 4 is 11.8 Å².